The summed E-state index contributed by atoms with van der Waals surface area (Å²) in [7, 11) is -3.47. The van der Waals surface area contributed by atoms with E-state index in [-0.39, 0.29) is 17.5 Å². The van der Waals surface area contributed by atoms with Gasteiger partial charge in [-0.05, 0) is 30.9 Å². The van der Waals surface area contributed by atoms with Gasteiger partial charge in [-0.25, -0.2) is 8.42 Å². The van der Waals surface area contributed by atoms with Crippen LogP contribution in [0.2, 0.25) is 0 Å². The summed E-state index contributed by atoms with van der Waals surface area (Å²) in [5.74, 6) is 0. The lowest BCUT2D eigenvalue weighted by Gasteiger charge is -2.24. The van der Waals surface area contributed by atoms with Crippen LogP contribution in [-0.2, 0) is 16.6 Å². The highest BCUT2D eigenvalue weighted by Crippen LogP contribution is 2.29. The zero-order valence-electron chi connectivity index (χ0n) is 10.5. The summed E-state index contributed by atoms with van der Waals surface area (Å²) in [5.41, 5.74) is 0.472. The maximum atomic E-state index is 12.6. The summed E-state index contributed by atoms with van der Waals surface area (Å²) in [6.45, 7) is 2.34. The number of rotatable bonds is 4. The smallest absolute Gasteiger partial charge is 0.243 e. The van der Waals surface area contributed by atoms with Crippen LogP contribution >= 0.6 is 0 Å². The van der Waals surface area contributed by atoms with Crippen LogP contribution in [0.15, 0.2) is 29.2 Å². The van der Waals surface area contributed by atoms with Crippen molar-refractivity contribution in [3.05, 3.63) is 29.8 Å². The van der Waals surface area contributed by atoms with Gasteiger partial charge in [0.2, 0.25) is 10.0 Å². The van der Waals surface area contributed by atoms with Crippen LogP contribution in [-0.4, -0.2) is 30.4 Å². The number of aliphatic hydroxyl groups excluding tert-OH is 1. The van der Waals surface area contributed by atoms with Crippen molar-refractivity contribution in [1.29, 1.82) is 0 Å². The quantitative estimate of drug-likeness (QED) is 0.906. The molecule has 100 valence electrons. The van der Waals surface area contributed by atoms with E-state index in [1.54, 1.807) is 28.6 Å². The fraction of sp³-hybridized carbons (Fsp3) is 0.538. The molecule has 1 aromatic carbocycles. The van der Waals surface area contributed by atoms with Gasteiger partial charge in [-0.3, -0.25) is 0 Å². The van der Waals surface area contributed by atoms with Crippen LogP contribution in [0.4, 0.5) is 0 Å². The molecule has 1 fully saturated rings. The Morgan fingerprint density at radius 2 is 2.11 bits per heavy atom. The molecule has 18 heavy (non-hydrogen) atoms. The number of nitrogens with zero attached hydrogens (tertiary/aromatic N) is 1. The Kier molecular flexibility index (Phi) is 4.04. The first-order valence-corrected chi connectivity index (χ1v) is 7.76. The summed E-state index contributed by atoms with van der Waals surface area (Å²) < 4.78 is 26.8. The molecule has 1 aliphatic rings. The van der Waals surface area contributed by atoms with Crippen LogP contribution in [0, 0.1) is 0 Å². The van der Waals surface area contributed by atoms with Crippen molar-refractivity contribution in [1.82, 2.24) is 4.31 Å². The minimum Gasteiger partial charge on any atom is -0.392 e. The van der Waals surface area contributed by atoms with E-state index in [1.807, 2.05) is 6.92 Å². The van der Waals surface area contributed by atoms with Gasteiger partial charge in [0.25, 0.3) is 0 Å². The molecule has 0 aromatic heterocycles. The molecule has 0 spiro atoms. The van der Waals surface area contributed by atoms with Crippen LogP contribution in [0.3, 0.4) is 0 Å². The van der Waals surface area contributed by atoms with E-state index >= 15 is 0 Å². The van der Waals surface area contributed by atoms with Gasteiger partial charge in [-0.2, -0.15) is 4.31 Å². The Bertz CT molecular complexity index is 513. The van der Waals surface area contributed by atoms with E-state index in [0.29, 0.717) is 12.1 Å². The Balaban J connectivity index is 2.42. The molecule has 2 rings (SSSR count). The Morgan fingerprint density at radius 1 is 1.39 bits per heavy atom. The zero-order chi connectivity index (χ0) is 13.2. The molecule has 1 aliphatic heterocycles. The lowest BCUT2D eigenvalue weighted by Crippen LogP contribution is -2.35. The summed E-state index contributed by atoms with van der Waals surface area (Å²) in [6.07, 6.45) is 2.68. The lowest BCUT2D eigenvalue weighted by molar-refractivity contribution is 0.277. The highest BCUT2D eigenvalue weighted by atomic mass is 32.2. The predicted molar refractivity (Wildman–Crippen MR) is 69.6 cm³/mol. The van der Waals surface area contributed by atoms with Crippen LogP contribution in [0.25, 0.3) is 0 Å². The van der Waals surface area contributed by atoms with Crippen molar-refractivity contribution in [2.24, 2.45) is 0 Å². The van der Waals surface area contributed by atoms with Gasteiger partial charge in [-0.1, -0.05) is 25.1 Å². The van der Waals surface area contributed by atoms with E-state index in [4.69, 9.17) is 0 Å². The monoisotopic (exact) mass is 269 g/mol. The first-order chi connectivity index (χ1) is 8.61. The van der Waals surface area contributed by atoms with E-state index in [1.165, 1.54) is 0 Å². The second-order valence-corrected chi connectivity index (χ2v) is 6.44. The molecule has 1 aromatic rings. The fourth-order valence-electron chi connectivity index (χ4n) is 2.55. The zero-order valence-corrected chi connectivity index (χ0v) is 11.4. The molecule has 1 saturated heterocycles. The van der Waals surface area contributed by atoms with Gasteiger partial charge < -0.3 is 5.11 Å². The molecule has 0 amide bonds. The predicted octanol–water partition coefficient (Wildman–Crippen LogP) is 1.74. The van der Waals surface area contributed by atoms with Crippen molar-refractivity contribution in [2.45, 2.75) is 43.7 Å². The Morgan fingerprint density at radius 3 is 2.78 bits per heavy atom. The normalized spacial score (nSPS) is 21.3. The van der Waals surface area contributed by atoms with E-state index < -0.39 is 10.0 Å². The number of benzene rings is 1. The van der Waals surface area contributed by atoms with E-state index in [0.717, 1.165) is 19.3 Å². The van der Waals surface area contributed by atoms with Crippen molar-refractivity contribution in [3.63, 3.8) is 0 Å². The van der Waals surface area contributed by atoms with Crippen molar-refractivity contribution >= 4 is 10.0 Å². The van der Waals surface area contributed by atoms with Gasteiger partial charge in [0.15, 0.2) is 0 Å². The highest BCUT2D eigenvalue weighted by Gasteiger charge is 2.35. The average Bonchev–Trinajstić information content (AvgIpc) is 2.87. The van der Waals surface area contributed by atoms with Gasteiger partial charge in [0.1, 0.15) is 0 Å². The number of sulfonamides is 1. The van der Waals surface area contributed by atoms with Gasteiger partial charge >= 0.3 is 0 Å². The topological polar surface area (TPSA) is 57.6 Å². The van der Waals surface area contributed by atoms with Crippen molar-refractivity contribution < 1.29 is 13.5 Å². The maximum Gasteiger partial charge on any atom is 0.243 e. The fourth-order valence-corrected chi connectivity index (χ4v) is 4.53. The molecular formula is C13H19NO3S. The third kappa shape index (κ3) is 2.30. The molecule has 0 saturated carbocycles. The summed E-state index contributed by atoms with van der Waals surface area (Å²) in [4.78, 5) is 0.243. The van der Waals surface area contributed by atoms with Gasteiger partial charge in [-0.15, -0.1) is 0 Å². The third-order valence-corrected chi connectivity index (χ3v) is 5.58. The maximum absolute atomic E-state index is 12.6. The number of hydrogen-bond acceptors (Lipinski definition) is 3. The molecule has 0 aliphatic carbocycles. The average molecular weight is 269 g/mol. The number of aliphatic hydroxyl groups is 1. The molecule has 0 radical (unpaired) electrons. The second kappa shape index (κ2) is 5.38. The molecule has 1 heterocycles. The molecular weight excluding hydrogens is 250 g/mol. The highest BCUT2D eigenvalue weighted by molar-refractivity contribution is 7.89. The summed E-state index contributed by atoms with van der Waals surface area (Å²) >= 11 is 0. The molecule has 1 atom stereocenters. The van der Waals surface area contributed by atoms with Crippen LogP contribution in [0.5, 0.6) is 0 Å². The molecule has 0 bridgehead atoms. The Hall–Kier alpha value is -0.910. The second-order valence-electron chi connectivity index (χ2n) is 4.59. The minimum absolute atomic E-state index is 0.0988. The Labute approximate surface area is 108 Å². The summed E-state index contributed by atoms with van der Waals surface area (Å²) in [6, 6.07) is 6.77. The third-order valence-electron chi connectivity index (χ3n) is 3.52. The number of hydrogen-bond donors (Lipinski definition) is 1. The van der Waals surface area contributed by atoms with Gasteiger partial charge in [0, 0.05) is 12.6 Å². The molecule has 1 unspecified atom stereocenters. The minimum atomic E-state index is -3.47. The van der Waals surface area contributed by atoms with E-state index in [2.05, 4.69) is 0 Å². The summed E-state index contributed by atoms with van der Waals surface area (Å²) in [5, 5.41) is 9.26. The first-order valence-electron chi connectivity index (χ1n) is 6.32. The van der Waals surface area contributed by atoms with Crippen molar-refractivity contribution in [3.8, 4) is 0 Å². The molecule has 4 nitrogen and oxygen atoms in total. The van der Waals surface area contributed by atoms with Crippen LogP contribution in [0.1, 0.15) is 31.7 Å². The van der Waals surface area contributed by atoms with E-state index in [9.17, 15) is 13.5 Å². The van der Waals surface area contributed by atoms with Gasteiger partial charge in [0.05, 0.1) is 11.5 Å². The standard InChI is InChI=1S/C13H19NO3S/c1-2-12-7-5-9-14(12)18(16,17)13-8-4-3-6-11(13)10-15/h3-4,6,8,12,15H,2,5,7,9-10H2,1H3. The van der Waals surface area contributed by atoms with Crippen molar-refractivity contribution in [2.75, 3.05) is 6.54 Å². The molecule has 5 heteroatoms. The SMILES string of the molecule is CCC1CCCN1S(=O)(=O)c1ccccc1CO. The first kappa shape index (κ1) is 13.5. The lowest BCUT2D eigenvalue weighted by atomic mass is 10.2. The largest absolute Gasteiger partial charge is 0.392 e. The molecule has 1 N–H and O–H groups in total. The van der Waals surface area contributed by atoms with Crippen LogP contribution < -0.4 is 0 Å².